The number of hydrogen-bond donors (Lipinski definition) is 0. The summed E-state index contributed by atoms with van der Waals surface area (Å²) < 4.78 is 30.3. The number of sulfone groups is 1. The molecule has 0 N–H and O–H groups in total. The van der Waals surface area contributed by atoms with Gasteiger partial charge >= 0.3 is 0 Å². The van der Waals surface area contributed by atoms with Crippen LogP contribution < -0.4 is 0 Å². The van der Waals surface area contributed by atoms with Gasteiger partial charge in [-0.3, -0.25) is 0 Å². The highest BCUT2D eigenvalue weighted by Crippen LogP contribution is 2.28. The standard InChI is InChI=1S/C17H12Cl3NO3S/c18-12-4-1-3-11(7-12)17-21-13(8-24-17)9-25(22,23)10-14-15(19)5-2-6-16(14)20/h1-8H,9-10H2. The van der Waals surface area contributed by atoms with Gasteiger partial charge in [0.15, 0.2) is 9.84 Å². The number of hydrogen-bond acceptors (Lipinski definition) is 4. The van der Waals surface area contributed by atoms with Crippen molar-refractivity contribution >= 4 is 44.6 Å². The second-order valence-corrected chi connectivity index (χ2v) is 8.70. The molecule has 1 heterocycles. The second-order valence-electron chi connectivity index (χ2n) is 5.39. The molecule has 3 aromatic rings. The van der Waals surface area contributed by atoms with Crippen LogP contribution in [0.3, 0.4) is 0 Å². The SMILES string of the molecule is O=S(=O)(Cc1coc(-c2cccc(Cl)c2)n1)Cc1c(Cl)cccc1Cl. The molecule has 0 aliphatic carbocycles. The van der Waals surface area contributed by atoms with Crippen LogP contribution in [0.15, 0.2) is 53.1 Å². The summed E-state index contributed by atoms with van der Waals surface area (Å²) in [4.78, 5) is 4.22. The van der Waals surface area contributed by atoms with E-state index in [4.69, 9.17) is 39.2 Å². The van der Waals surface area contributed by atoms with Crippen LogP contribution >= 0.6 is 34.8 Å². The molecule has 0 fully saturated rings. The summed E-state index contributed by atoms with van der Waals surface area (Å²) in [5.74, 6) is -0.243. The highest BCUT2D eigenvalue weighted by Gasteiger charge is 2.20. The lowest BCUT2D eigenvalue weighted by atomic mass is 10.2. The van der Waals surface area contributed by atoms with Gasteiger partial charge in [-0.05, 0) is 30.3 Å². The molecule has 25 heavy (non-hydrogen) atoms. The Labute approximate surface area is 160 Å². The van der Waals surface area contributed by atoms with Gasteiger partial charge in [-0.25, -0.2) is 13.4 Å². The van der Waals surface area contributed by atoms with E-state index in [1.807, 2.05) is 0 Å². The second kappa shape index (κ2) is 7.38. The highest BCUT2D eigenvalue weighted by molar-refractivity contribution is 7.89. The predicted octanol–water partition coefficient (Wildman–Crippen LogP) is 5.42. The molecule has 0 unspecified atom stereocenters. The van der Waals surface area contributed by atoms with Gasteiger partial charge in [0.25, 0.3) is 0 Å². The molecule has 0 saturated carbocycles. The van der Waals surface area contributed by atoms with Crippen LogP contribution in [0.1, 0.15) is 11.3 Å². The van der Waals surface area contributed by atoms with E-state index in [1.165, 1.54) is 6.26 Å². The molecule has 2 aromatic carbocycles. The van der Waals surface area contributed by atoms with Crippen LogP contribution in [-0.4, -0.2) is 13.4 Å². The van der Waals surface area contributed by atoms with Crippen LogP contribution in [0.2, 0.25) is 15.1 Å². The van der Waals surface area contributed by atoms with Crippen molar-refractivity contribution in [2.45, 2.75) is 11.5 Å². The van der Waals surface area contributed by atoms with Gasteiger partial charge in [0, 0.05) is 26.2 Å². The molecule has 0 aliphatic rings. The number of aromatic nitrogens is 1. The molecule has 4 nitrogen and oxygen atoms in total. The largest absolute Gasteiger partial charge is 0.444 e. The number of oxazole rings is 1. The van der Waals surface area contributed by atoms with Gasteiger partial charge in [0.2, 0.25) is 5.89 Å². The maximum absolute atomic E-state index is 12.5. The van der Waals surface area contributed by atoms with E-state index in [0.717, 1.165) is 0 Å². The molecule has 0 spiro atoms. The van der Waals surface area contributed by atoms with Gasteiger partial charge in [-0.15, -0.1) is 0 Å². The van der Waals surface area contributed by atoms with E-state index in [2.05, 4.69) is 4.98 Å². The van der Waals surface area contributed by atoms with Gasteiger partial charge < -0.3 is 4.42 Å². The summed E-state index contributed by atoms with van der Waals surface area (Å²) in [6.07, 6.45) is 1.32. The number of nitrogens with zero attached hydrogens (tertiary/aromatic N) is 1. The zero-order valence-electron chi connectivity index (χ0n) is 12.7. The Balaban J connectivity index is 1.80. The Morgan fingerprint density at radius 2 is 1.64 bits per heavy atom. The molecule has 0 radical (unpaired) electrons. The fourth-order valence-corrected chi connectivity index (χ4v) is 4.61. The van der Waals surface area contributed by atoms with Gasteiger partial charge in [-0.1, -0.05) is 46.9 Å². The Hall–Kier alpha value is -1.53. The summed E-state index contributed by atoms with van der Waals surface area (Å²) in [5, 5.41) is 1.17. The minimum Gasteiger partial charge on any atom is -0.444 e. The Morgan fingerprint density at radius 1 is 0.960 bits per heavy atom. The highest BCUT2D eigenvalue weighted by atomic mass is 35.5. The van der Waals surface area contributed by atoms with E-state index in [0.29, 0.717) is 37.8 Å². The molecule has 0 bridgehead atoms. The third-order valence-corrected chi connectivity index (χ3v) is 5.82. The first-order valence-electron chi connectivity index (χ1n) is 7.18. The van der Waals surface area contributed by atoms with Crippen molar-refractivity contribution in [1.82, 2.24) is 4.98 Å². The van der Waals surface area contributed by atoms with Gasteiger partial charge in [-0.2, -0.15) is 0 Å². The summed E-state index contributed by atoms with van der Waals surface area (Å²) in [7, 11) is -3.53. The summed E-state index contributed by atoms with van der Waals surface area (Å²) in [6.45, 7) is 0. The van der Waals surface area contributed by atoms with Crippen molar-refractivity contribution in [2.75, 3.05) is 0 Å². The van der Waals surface area contributed by atoms with Crippen LogP contribution in [0.4, 0.5) is 0 Å². The molecule has 0 amide bonds. The molecular weight excluding hydrogens is 405 g/mol. The number of rotatable bonds is 5. The normalized spacial score (nSPS) is 11.6. The van der Waals surface area contributed by atoms with Crippen molar-refractivity contribution in [3.8, 4) is 11.5 Å². The molecule has 130 valence electrons. The third kappa shape index (κ3) is 4.55. The first kappa shape index (κ1) is 18.3. The van der Waals surface area contributed by atoms with Crippen LogP contribution in [-0.2, 0) is 21.3 Å². The van der Waals surface area contributed by atoms with E-state index in [1.54, 1.807) is 42.5 Å². The average Bonchev–Trinajstić information content (AvgIpc) is 2.99. The molecule has 1 aromatic heterocycles. The molecule has 3 rings (SSSR count). The van der Waals surface area contributed by atoms with E-state index in [9.17, 15) is 8.42 Å². The zero-order valence-corrected chi connectivity index (χ0v) is 15.8. The maximum atomic E-state index is 12.5. The zero-order chi connectivity index (χ0) is 18.0. The van der Waals surface area contributed by atoms with Crippen LogP contribution in [0, 0.1) is 0 Å². The number of halogens is 3. The fraction of sp³-hybridized carbons (Fsp3) is 0.118. The monoisotopic (exact) mass is 415 g/mol. The summed E-state index contributed by atoms with van der Waals surface area (Å²) >= 11 is 18.0. The van der Waals surface area contributed by atoms with Gasteiger partial charge in [0.05, 0.1) is 17.2 Å². The van der Waals surface area contributed by atoms with Crippen LogP contribution in [0.25, 0.3) is 11.5 Å². The molecule has 8 heteroatoms. The van der Waals surface area contributed by atoms with E-state index in [-0.39, 0.29) is 11.5 Å². The first-order valence-corrected chi connectivity index (χ1v) is 10.1. The third-order valence-electron chi connectivity index (χ3n) is 3.42. The lowest BCUT2D eigenvalue weighted by Gasteiger charge is -2.07. The van der Waals surface area contributed by atoms with Crippen molar-refractivity contribution in [2.24, 2.45) is 0 Å². The van der Waals surface area contributed by atoms with Crippen molar-refractivity contribution < 1.29 is 12.8 Å². The minimum atomic E-state index is -3.53. The summed E-state index contributed by atoms with van der Waals surface area (Å²) in [6, 6.07) is 11.8. The van der Waals surface area contributed by atoms with E-state index < -0.39 is 9.84 Å². The topological polar surface area (TPSA) is 60.2 Å². The fourth-order valence-electron chi connectivity index (χ4n) is 2.29. The lowest BCUT2D eigenvalue weighted by molar-refractivity contribution is 0.571. The quantitative estimate of drug-likeness (QED) is 0.557. The van der Waals surface area contributed by atoms with Crippen molar-refractivity contribution in [3.05, 3.63) is 75.1 Å². The lowest BCUT2D eigenvalue weighted by Crippen LogP contribution is -2.08. The Bertz CT molecular complexity index is 995. The smallest absolute Gasteiger partial charge is 0.226 e. The van der Waals surface area contributed by atoms with Crippen molar-refractivity contribution in [1.29, 1.82) is 0 Å². The molecule has 0 saturated heterocycles. The van der Waals surface area contributed by atoms with Gasteiger partial charge in [0.1, 0.15) is 6.26 Å². The minimum absolute atomic E-state index is 0.273. The summed E-state index contributed by atoms with van der Waals surface area (Å²) in [5.41, 5.74) is 1.35. The Kier molecular flexibility index (Phi) is 5.39. The predicted molar refractivity (Wildman–Crippen MR) is 99.7 cm³/mol. The molecule has 0 atom stereocenters. The first-order chi connectivity index (χ1) is 11.8. The average molecular weight is 417 g/mol. The number of benzene rings is 2. The van der Waals surface area contributed by atoms with E-state index >= 15 is 0 Å². The van der Waals surface area contributed by atoms with Crippen LogP contribution in [0.5, 0.6) is 0 Å². The molecular formula is C17H12Cl3NO3S. The molecule has 0 aliphatic heterocycles. The van der Waals surface area contributed by atoms with Crippen molar-refractivity contribution in [3.63, 3.8) is 0 Å². The maximum Gasteiger partial charge on any atom is 0.226 e. The Morgan fingerprint density at radius 3 is 2.32 bits per heavy atom.